The van der Waals surface area contributed by atoms with Crippen LogP contribution >= 0.6 is 0 Å². The molecule has 1 aromatic carbocycles. The predicted molar refractivity (Wildman–Crippen MR) is 96.5 cm³/mol. The Balaban J connectivity index is 1.54. The van der Waals surface area contributed by atoms with E-state index in [0.29, 0.717) is 24.7 Å². The van der Waals surface area contributed by atoms with E-state index in [2.05, 4.69) is 22.1 Å². The molecule has 1 fully saturated rings. The van der Waals surface area contributed by atoms with Crippen LogP contribution in [0.4, 0.5) is 0 Å². The molecule has 1 aliphatic heterocycles. The largest absolute Gasteiger partial charge is 0.472 e. The average molecular weight is 339 g/mol. The average Bonchev–Trinajstić information content (AvgIpc) is 2.60. The van der Waals surface area contributed by atoms with Gasteiger partial charge in [0.15, 0.2) is 0 Å². The van der Waals surface area contributed by atoms with Crippen LogP contribution in [-0.2, 0) is 11.2 Å². The molecule has 2 aromatic rings. The van der Waals surface area contributed by atoms with E-state index in [0.717, 1.165) is 31.5 Å². The van der Waals surface area contributed by atoms with Crippen molar-refractivity contribution in [1.82, 2.24) is 14.9 Å². The Kier molecular flexibility index (Phi) is 5.64. The summed E-state index contributed by atoms with van der Waals surface area (Å²) in [6.07, 6.45) is 3.24. The molecule has 3 rings (SSSR count). The zero-order chi connectivity index (χ0) is 17.6. The third kappa shape index (κ3) is 5.02. The molecule has 2 heterocycles. The third-order valence-electron chi connectivity index (χ3n) is 4.43. The fraction of sp³-hybridized carbons (Fsp3) is 0.450. The molecule has 1 unspecified atom stereocenters. The van der Waals surface area contributed by atoms with Crippen molar-refractivity contribution in [2.24, 2.45) is 0 Å². The summed E-state index contributed by atoms with van der Waals surface area (Å²) in [5.41, 5.74) is 2.10. The van der Waals surface area contributed by atoms with Crippen molar-refractivity contribution in [2.75, 3.05) is 13.1 Å². The maximum absolute atomic E-state index is 12.5. The van der Waals surface area contributed by atoms with Crippen molar-refractivity contribution in [3.63, 3.8) is 0 Å². The first-order valence-corrected chi connectivity index (χ1v) is 8.91. The highest BCUT2D eigenvalue weighted by atomic mass is 16.5. The molecule has 0 N–H and O–H groups in total. The molecule has 0 bridgehead atoms. The van der Waals surface area contributed by atoms with Crippen molar-refractivity contribution < 1.29 is 9.53 Å². The molecule has 0 radical (unpaired) electrons. The fourth-order valence-electron chi connectivity index (χ4n) is 3.23. The van der Waals surface area contributed by atoms with E-state index < -0.39 is 0 Å². The second-order valence-electron chi connectivity index (χ2n) is 6.60. The molecule has 1 saturated heterocycles. The van der Waals surface area contributed by atoms with Crippen LogP contribution in [-0.4, -0.2) is 40.0 Å². The van der Waals surface area contributed by atoms with Gasteiger partial charge in [0.25, 0.3) is 0 Å². The highest BCUT2D eigenvalue weighted by molar-refractivity contribution is 5.76. The molecule has 5 heteroatoms. The first kappa shape index (κ1) is 17.4. The number of benzene rings is 1. The van der Waals surface area contributed by atoms with Crippen LogP contribution in [0, 0.1) is 13.8 Å². The van der Waals surface area contributed by atoms with Gasteiger partial charge in [-0.15, -0.1) is 0 Å². The summed E-state index contributed by atoms with van der Waals surface area (Å²) in [5, 5.41) is 0. The molecular formula is C20H25N3O2. The first-order valence-electron chi connectivity index (χ1n) is 8.91. The van der Waals surface area contributed by atoms with Gasteiger partial charge in [-0.25, -0.2) is 4.98 Å². The molecule has 0 saturated carbocycles. The van der Waals surface area contributed by atoms with Crippen LogP contribution in [0.3, 0.4) is 0 Å². The van der Waals surface area contributed by atoms with E-state index in [1.807, 2.05) is 43.0 Å². The molecule has 132 valence electrons. The van der Waals surface area contributed by atoms with Gasteiger partial charge in [-0.3, -0.25) is 4.79 Å². The van der Waals surface area contributed by atoms with Gasteiger partial charge in [-0.1, -0.05) is 30.3 Å². The van der Waals surface area contributed by atoms with E-state index in [1.165, 1.54) is 5.56 Å². The Morgan fingerprint density at radius 1 is 1.24 bits per heavy atom. The quantitative estimate of drug-likeness (QED) is 0.840. The predicted octanol–water partition coefficient (Wildman–Crippen LogP) is 3.10. The minimum absolute atomic E-state index is 0.00289. The highest BCUT2D eigenvalue weighted by Crippen LogP contribution is 2.18. The number of piperidine rings is 1. The van der Waals surface area contributed by atoms with Gasteiger partial charge in [-0.05, 0) is 38.7 Å². The lowest BCUT2D eigenvalue weighted by molar-refractivity contribution is -0.133. The van der Waals surface area contributed by atoms with E-state index in [-0.39, 0.29) is 12.0 Å². The summed E-state index contributed by atoms with van der Waals surface area (Å²) in [5.74, 6) is 1.52. The number of aryl methyl sites for hydroxylation is 3. The number of hydrogen-bond donors (Lipinski definition) is 0. The van der Waals surface area contributed by atoms with Gasteiger partial charge in [0.2, 0.25) is 11.8 Å². The maximum Gasteiger partial charge on any atom is 0.223 e. The van der Waals surface area contributed by atoms with E-state index in [1.54, 1.807) is 0 Å². The fourth-order valence-corrected chi connectivity index (χ4v) is 3.23. The van der Waals surface area contributed by atoms with Gasteiger partial charge in [0.1, 0.15) is 11.9 Å². The minimum atomic E-state index is 0.00289. The highest BCUT2D eigenvalue weighted by Gasteiger charge is 2.25. The van der Waals surface area contributed by atoms with Gasteiger partial charge in [0, 0.05) is 24.7 Å². The molecule has 25 heavy (non-hydrogen) atoms. The minimum Gasteiger partial charge on any atom is -0.472 e. The smallest absolute Gasteiger partial charge is 0.223 e. The van der Waals surface area contributed by atoms with E-state index >= 15 is 0 Å². The molecule has 1 atom stereocenters. The summed E-state index contributed by atoms with van der Waals surface area (Å²) >= 11 is 0. The van der Waals surface area contributed by atoms with Crippen LogP contribution in [0.1, 0.15) is 36.3 Å². The lowest BCUT2D eigenvalue weighted by Crippen LogP contribution is -2.44. The van der Waals surface area contributed by atoms with E-state index in [9.17, 15) is 4.79 Å². The third-order valence-corrected chi connectivity index (χ3v) is 4.43. The van der Waals surface area contributed by atoms with Gasteiger partial charge >= 0.3 is 0 Å². The number of likely N-dealkylation sites (tertiary alicyclic amines) is 1. The van der Waals surface area contributed by atoms with Crippen LogP contribution in [0.25, 0.3) is 0 Å². The second kappa shape index (κ2) is 8.10. The number of carbonyl (C=O) groups is 1. The van der Waals surface area contributed by atoms with Crippen molar-refractivity contribution >= 4 is 5.91 Å². The molecule has 0 spiro atoms. The number of ether oxygens (including phenoxy) is 1. The Bertz CT molecular complexity index is 698. The molecule has 1 aromatic heterocycles. The topological polar surface area (TPSA) is 55.3 Å². The van der Waals surface area contributed by atoms with Gasteiger partial charge < -0.3 is 9.64 Å². The number of hydrogen-bond acceptors (Lipinski definition) is 4. The number of rotatable bonds is 5. The van der Waals surface area contributed by atoms with Crippen molar-refractivity contribution in [3.05, 3.63) is 53.5 Å². The molecule has 1 amide bonds. The summed E-state index contributed by atoms with van der Waals surface area (Å²) in [6, 6.07) is 12.0. The number of nitrogens with zero attached hydrogens (tertiary/aromatic N) is 3. The number of amides is 1. The summed E-state index contributed by atoms with van der Waals surface area (Å²) in [6.45, 7) is 5.24. The summed E-state index contributed by atoms with van der Waals surface area (Å²) in [7, 11) is 0. The second-order valence-corrected chi connectivity index (χ2v) is 6.60. The molecule has 0 aliphatic carbocycles. The van der Waals surface area contributed by atoms with Crippen LogP contribution in [0.2, 0.25) is 0 Å². The normalized spacial score (nSPS) is 17.4. The van der Waals surface area contributed by atoms with Crippen molar-refractivity contribution in [2.45, 2.75) is 45.6 Å². The van der Waals surface area contributed by atoms with Crippen molar-refractivity contribution in [1.29, 1.82) is 0 Å². The first-order chi connectivity index (χ1) is 12.1. The summed E-state index contributed by atoms with van der Waals surface area (Å²) < 4.78 is 6.02. The lowest BCUT2D eigenvalue weighted by Gasteiger charge is -2.32. The van der Waals surface area contributed by atoms with Crippen molar-refractivity contribution in [3.8, 4) is 5.88 Å². The molecule has 1 aliphatic rings. The SMILES string of the molecule is Cc1cc(OC2CCCN(C(=O)CCc3ccccc3)C2)nc(C)n1. The monoisotopic (exact) mass is 339 g/mol. The molecule has 5 nitrogen and oxygen atoms in total. The number of aromatic nitrogens is 2. The van der Waals surface area contributed by atoms with Gasteiger partial charge in [-0.2, -0.15) is 4.98 Å². The lowest BCUT2D eigenvalue weighted by atomic mass is 10.1. The Hall–Kier alpha value is -2.43. The zero-order valence-corrected chi connectivity index (χ0v) is 14.9. The Morgan fingerprint density at radius 3 is 2.80 bits per heavy atom. The van der Waals surface area contributed by atoms with Crippen LogP contribution in [0.5, 0.6) is 5.88 Å². The van der Waals surface area contributed by atoms with Gasteiger partial charge in [0.05, 0.1) is 6.54 Å². The van der Waals surface area contributed by atoms with Crippen LogP contribution in [0.15, 0.2) is 36.4 Å². The van der Waals surface area contributed by atoms with Crippen LogP contribution < -0.4 is 4.74 Å². The summed E-state index contributed by atoms with van der Waals surface area (Å²) in [4.78, 5) is 23.1. The number of carbonyl (C=O) groups excluding carboxylic acids is 1. The molecular weight excluding hydrogens is 314 g/mol. The standard InChI is InChI=1S/C20H25N3O2/c1-15-13-19(22-16(2)21-15)25-18-9-6-12-23(14-18)20(24)11-10-17-7-4-3-5-8-17/h3-5,7-8,13,18H,6,9-12,14H2,1-2H3. The maximum atomic E-state index is 12.5. The van der Waals surface area contributed by atoms with E-state index in [4.69, 9.17) is 4.74 Å². The zero-order valence-electron chi connectivity index (χ0n) is 14.9. The Labute approximate surface area is 149 Å². The Morgan fingerprint density at radius 2 is 2.04 bits per heavy atom.